The van der Waals surface area contributed by atoms with E-state index in [0.717, 1.165) is 16.9 Å². The zero-order valence-corrected chi connectivity index (χ0v) is 14.1. The van der Waals surface area contributed by atoms with Crippen molar-refractivity contribution in [3.63, 3.8) is 0 Å². The zero-order valence-electron chi connectivity index (χ0n) is 14.1. The van der Waals surface area contributed by atoms with E-state index in [2.05, 4.69) is 25.7 Å². The summed E-state index contributed by atoms with van der Waals surface area (Å²) in [6.07, 6.45) is 3.29. The molecule has 3 aromatic heterocycles. The maximum atomic E-state index is 5.99. The third kappa shape index (κ3) is 2.95. The standard InChI is InChI=1S/C18H18N8/c1-11-5-6-12(8-13(11)19)23-17-9-14(24-16-4-2-3-7-21-16)18-22-10-15(20)26(18)25-17/h2-10H,19-20H2,1H3,(H,21,24)(H,23,25). The number of nitrogens with one attached hydrogen (secondary N) is 2. The van der Waals surface area contributed by atoms with Gasteiger partial charge < -0.3 is 22.1 Å². The Hall–Kier alpha value is -3.81. The van der Waals surface area contributed by atoms with E-state index in [-0.39, 0.29) is 0 Å². The SMILES string of the molecule is Cc1ccc(Nc2cc(Nc3ccccn3)c3ncc(N)n3n2)cc1N. The van der Waals surface area contributed by atoms with E-state index in [1.54, 1.807) is 16.9 Å². The lowest BCUT2D eigenvalue weighted by molar-refractivity contribution is 0.953. The van der Waals surface area contributed by atoms with Crippen molar-refractivity contribution in [3.8, 4) is 0 Å². The van der Waals surface area contributed by atoms with E-state index in [4.69, 9.17) is 11.5 Å². The van der Waals surface area contributed by atoms with E-state index >= 15 is 0 Å². The van der Waals surface area contributed by atoms with Gasteiger partial charge in [0.15, 0.2) is 11.5 Å². The molecule has 6 N–H and O–H groups in total. The normalized spacial score (nSPS) is 10.8. The third-order valence-corrected chi connectivity index (χ3v) is 3.97. The van der Waals surface area contributed by atoms with Gasteiger partial charge in [0.05, 0.1) is 11.9 Å². The number of anilines is 6. The fraction of sp³-hybridized carbons (Fsp3) is 0.0556. The highest BCUT2D eigenvalue weighted by Gasteiger charge is 2.11. The summed E-state index contributed by atoms with van der Waals surface area (Å²) in [6.45, 7) is 1.96. The summed E-state index contributed by atoms with van der Waals surface area (Å²) in [6, 6.07) is 13.3. The van der Waals surface area contributed by atoms with Crippen molar-refractivity contribution in [3.05, 3.63) is 60.4 Å². The van der Waals surface area contributed by atoms with Crippen LogP contribution in [0.2, 0.25) is 0 Å². The second-order valence-corrected chi connectivity index (χ2v) is 5.90. The van der Waals surface area contributed by atoms with Gasteiger partial charge in [0.2, 0.25) is 0 Å². The minimum Gasteiger partial charge on any atom is -0.398 e. The Morgan fingerprint density at radius 3 is 2.62 bits per heavy atom. The molecule has 1 aromatic carbocycles. The molecular formula is C18H18N8. The van der Waals surface area contributed by atoms with Gasteiger partial charge in [0.25, 0.3) is 0 Å². The lowest BCUT2D eigenvalue weighted by atomic mass is 10.2. The Labute approximate surface area is 149 Å². The summed E-state index contributed by atoms with van der Waals surface area (Å²) in [5.41, 5.74) is 15.9. The van der Waals surface area contributed by atoms with Gasteiger partial charge in [-0.2, -0.15) is 4.52 Å². The van der Waals surface area contributed by atoms with E-state index in [1.165, 1.54) is 0 Å². The first kappa shape index (κ1) is 15.7. The van der Waals surface area contributed by atoms with Gasteiger partial charge in [-0.15, -0.1) is 5.10 Å². The van der Waals surface area contributed by atoms with Crippen molar-refractivity contribution in [2.24, 2.45) is 0 Å². The number of benzene rings is 1. The molecule has 130 valence electrons. The first-order valence-corrected chi connectivity index (χ1v) is 8.05. The molecule has 0 amide bonds. The number of nitrogens with zero attached hydrogens (tertiary/aromatic N) is 4. The Morgan fingerprint density at radius 2 is 1.85 bits per heavy atom. The number of nitrogen functional groups attached to an aromatic ring is 2. The quantitative estimate of drug-likeness (QED) is 0.419. The highest BCUT2D eigenvalue weighted by atomic mass is 15.3. The summed E-state index contributed by atoms with van der Waals surface area (Å²) >= 11 is 0. The molecule has 0 saturated carbocycles. The van der Waals surface area contributed by atoms with E-state index in [1.807, 2.05) is 49.4 Å². The summed E-state index contributed by atoms with van der Waals surface area (Å²) < 4.78 is 1.57. The van der Waals surface area contributed by atoms with Crippen LogP contribution in [0.25, 0.3) is 5.65 Å². The fourth-order valence-electron chi connectivity index (χ4n) is 2.58. The largest absolute Gasteiger partial charge is 0.398 e. The van der Waals surface area contributed by atoms with Gasteiger partial charge in [-0.05, 0) is 36.8 Å². The van der Waals surface area contributed by atoms with Crippen molar-refractivity contribution in [1.82, 2.24) is 19.6 Å². The highest BCUT2D eigenvalue weighted by Crippen LogP contribution is 2.26. The Morgan fingerprint density at radius 1 is 0.962 bits per heavy atom. The first-order chi connectivity index (χ1) is 12.6. The predicted molar refractivity (Wildman–Crippen MR) is 104 cm³/mol. The second kappa shape index (κ2) is 6.25. The Kier molecular flexibility index (Phi) is 3.77. The van der Waals surface area contributed by atoms with Crippen LogP contribution in [0.5, 0.6) is 0 Å². The summed E-state index contributed by atoms with van der Waals surface area (Å²) in [4.78, 5) is 8.61. The number of nitrogens with two attached hydrogens (primary N) is 2. The maximum Gasteiger partial charge on any atom is 0.179 e. The smallest absolute Gasteiger partial charge is 0.179 e. The van der Waals surface area contributed by atoms with Gasteiger partial charge in [-0.1, -0.05) is 12.1 Å². The maximum absolute atomic E-state index is 5.99. The predicted octanol–water partition coefficient (Wildman–Crippen LogP) is 3.08. The molecule has 0 aliphatic rings. The molecule has 8 nitrogen and oxygen atoms in total. The van der Waals surface area contributed by atoms with Crippen LogP contribution in [0.3, 0.4) is 0 Å². The van der Waals surface area contributed by atoms with Crippen molar-refractivity contribution < 1.29 is 0 Å². The lowest BCUT2D eigenvalue weighted by Gasteiger charge is -2.12. The number of imidazole rings is 1. The molecule has 0 fully saturated rings. The van der Waals surface area contributed by atoms with E-state index in [9.17, 15) is 0 Å². The van der Waals surface area contributed by atoms with Crippen molar-refractivity contribution in [2.45, 2.75) is 6.92 Å². The number of fused-ring (bicyclic) bond motifs is 1. The van der Waals surface area contributed by atoms with Crippen molar-refractivity contribution in [2.75, 3.05) is 22.1 Å². The molecule has 0 aliphatic heterocycles. The molecule has 4 rings (SSSR count). The van der Waals surface area contributed by atoms with Gasteiger partial charge >= 0.3 is 0 Å². The lowest BCUT2D eigenvalue weighted by Crippen LogP contribution is -2.05. The van der Waals surface area contributed by atoms with E-state index in [0.29, 0.717) is 28.8 Å². The minimum absolute atomic E-state index is 0.441. The van der Waals surface area contributed by atoms with Crippen LogP contribution in [-0.2, 0) is 0 Å². The van der Waals surface area contributed by atoms with Gasteiger partial charge in [-0.3, -0.25) is 0 Å². The minimum atomic E-state index is 0.441. The molecule has 0 unspecified atom stereocenters. The summed E-state index contributed by atoms with van der Waals surface area (Å²) in [5, 5.41) is 11.0. The van der Waals surface area contributed by atoms with Crippen LogP contribution >= 0.6 is 0 Å². The summed E-state index contributed by atoms with van der Waals surface area (Å²) in [7, 11) is 0. The summed E-state index contributed by atoms with van der Waals surface area (Å²) in [5.74, 6) is 1.74. The zero-order chi connectivity index (χ0) is 18.1. The molecule has 0 saturated heterocycles. The Bertz CT molecular complexity index is 1070. The molecule has 3 heterocycles. The fourth-order valence-corrected chi connectivity index (χ4v) is 2.58. The van der Waals surface area contributed by atoms with Crippen LogP contribution < -0.4 is 22.1 Å². The number of aromatic nitrogens is 4. The highest BCUT2D eigenvalue weighted by molar-refractivity contribution is 5.77. The van der Waals surface area contributed by atoms with Crippen molar-refractivity contribution >= 4 is 40.2 Å². The molecule has 0 atom stereocenters. The van der Waals surface area contributed by atoms with Gasteiger partial charge in [-0.25, -0.2) is 9.97 Å². The molecule has 0 aliphatic carbocycles. The molecule has 0 radical (unpaired) electrons. The molecule has 26 heavy (non-hydrogen) atoms. The van der Waals surface area contributed by atoms with Crippen LogP contribution in [0.15, 0.2) is 54.9 Å². The molecule has 8 heteroatoms. The average Bonchev–Trinajstić information content (AvgIpc) is 3.01. The average molecular weight is 346 g/mol. The van der Waals surface area contributed by atoms with E-state index < -0.39 is 0 Å². The third-order valence-electron chi connectivity index (χ3n) is 3.97. The van der Waals surface area contributed by atoms with Crippen LogP contribution in [-0.4, -0.2) is 19.6 Å². The number of pyridine rings is 1. The molecule has 4 aromatic rings. The first-order valence-electron chi connectivity index (χ1n) is 8.05. The Balaban J connectivity index is 1.75. The monoisotopic (exact) mass is 346 g/mol. The number of hydrogen-bond donors (Lipinski definition) is 4. The topological polar surface area (TPSA) is 119 Å². The van der Waals surface area contributed by atoms with Crippen LogP contribution in [0, 0.1) is 6.92 Å². The second-order valence-electron chi connectivity index (χ2n) is 5.90. The number of rotatable bonds is 4. The van der Waals surface area contributed by atoms with Crippen LogP contribution in [0.1, 0.15) is 5.56 Å². The molecule has 0 spiro atoms. The van der Waals surface area contributed by atoms with Gasteiger partial charge in [0, 0.05) is 23.6 Å². The van der Waals surface area contributed by atoms with Crippen molar-refractivity contribution in [1.29, 1.82) is 0 Å². The van der Waals surface area contributed by atoms with Crippen LogP contribution in [0.4, 0.5) is 34.5 Å². The van der Waals surface area contributed by atoms with Gasteiger partial charge in [0.1, 0.15) is 11.6 Å². The molecule has 0 bridgehead atoms. The molecular weight excluding hydrogens is 328 g/mol. The number of aryl methyl sites for hydroxylation is 1. The number of hydrogen-bond acceptors (Lipinski definition) is 7.